The lowest BCUT2D eigenvalue weighted by Gasteiger charge is -2.62. The molecule has 3 saturated carbocycles. The molecule has 0 N–H and O–H groups in total. The van der Waals surface area contributed by atoms with Crippen LogP contribution in [-0.4, -0.2) is 12.7 Å². The van der Waals surface area contributed by atoms with Gasteiger partial charge in [-0.05, 0) is 149 Å². The third-order valence-corrected chi connectivity index (χ3v) is 16.6. The summed E-state index contributed by atoms with van der Waals surface area (Å²) in [6.07, 6.45) is 55.8. The van der Waals surface area contributed by atoms with Crippen molar-refractivity contribution in [3.8, 4) is 0 Å². The number of allylic oxidation sites excluding steroid dienone is 5. The van der Waals surface area contributed by atoms with E-state index in [9.17, 15) is 0 Å². The molecule has 9 atom stereocenters. The first kappa shape index (κ1) is 47.9. The van der Waals surface area contributed by atoms with E-state index in [1.165, 1.54) is 193 Å². The molecule has 3 fully saturated rings. The van der Waals surface area contributed by atoms with Crippen molar-refractivity contribution in [1.29, 1.82) is 0 Å². The Hall–Kier alpha value is -0.820. The van der Waals surface area contributed by atoms with E-state index in [0.29, 0.717) is 16.9 Å². The highest BCUT2D eigenvalue weighted by Crippen LogP contribution is 2.66. The quantitative estimate of drug-likeness (QED) is 0.0543. The minimum Gasteiger partial charge on any atom is -0.378 e. The fourth-order valence-corrected chi connectivity index (χ4v) is 13.2. The van der Waals surface area contributed by atoms with E-state index in [0.717, 1.165) is 54.5 Å². The Morgan fingerprint density at radius 3 is 2.07 bits per heavy atom. The molecule has 9 unspecified atom stereocenters. The van der Waals surface area contributed by atoms with Gasteiger partial charge in [0.2, 0.25) is 0 Å². The molecule has 4 aliphatic rings. The van der Waals surface area contributed by atoms with Crippen molar-refractivity contribution in [2.75, 3.05) is 6.61 Å². The molecule has 4 rings (SSSR count). The van der Waals surface area contributed by atoms with E-state index in [4.69, 9.17) is 4.74 Å². The number of rotatable bonds is 29. The van der Waals surface area contributed by atoms with Crippen molar-refractivity contribution in [3.05, 3.63) is 36.0 Å². The highest BCUT2D eigenvalue weighted by molar-refractivity contribution is 5.25. The van der Waals surface area contributed by atoms with Crippen LogP contribution in [0.5, 0.6) is 0 Å². The summed E-state index contributed by atoms with van der Waals surface area (Å²) in [5.74, 6) is 6.43. The third-order valence-electron chi connectivity index (χ3n) is 16.6. The molecule has 0 amide bonds. The Labute approximate surface area is 351 Å². The number of unbranched alkanes of at least 4 members (excludes halogenated alkanes) is 11. The summed E-state index contributed by atoms with van der Waals surface area (Å²) in [7, 11) is 0. The van der Waals surface area contributed by atoms with Gasteiger partial charge in [0, 0.05) is 6.61 Å². The van der Waals surface area contributed by atoms with Gasteiger partial charge in [-0.1, -0.05) is 187 Å². The van der Waals surface area contributed by atoms with Gasteiger partial charge >= 0.3 is 0 Å². The van der Waals surface area contributed by atoms with Gasteiger partial charge in [0.15, 0.2) is 0 Å². The summed E-state index contributed by atoms with van der Waals surface area (Å²) >= 11 is 0. The molecule has 0 aromatic heterocycles. The smallest absolute Gasteiger partial charge is 0.0612 e. The molecular weight excluding hydrogens is 677 g/mol. The maximum Gasteiger partial charge on any atom is 0.0612 e. The number of ether oxygens (including phenoxy) is 1. The SMILES string of the molecule is CCCCC/C=C\C/C=C\CCCCCCCCCCC(CCC)CCCOC1CCC2(C)C(=CCC3C2CCC2(C)C(C(C)CCCC(C)C)CCCC32)C1. The average molecular weight is 775 g/mol. The lowest BCUT2D eigenvalue weighted by Crippen LogP contribution is -2.54. The fraction of sp³-hybridized carbons (Fsp3) is 0.891. The van der Waals surface area contributed by atoms with Crippen LogP contribution < -0.4 is 0 Å². The van der Waals surface area contributed by atoms with Gasteiger partial charge in [-0.25, -0.2) is 0 Å². The van der Waals surface area contributed by atoms with Crippen LogP contribution >= 0.6 is 0 Å². The Morgan fingerprint density at radius 1 is 0.661 bits per heavy atom. The first-order valence-corrected chi connectivity index (χ1v) is 25.8. The van der Waals surface area contributed by atoms with Crippen LogP contribution in [0.1, 0.15) is 248 Å². The highest BCUT2D eigenvalue weighted by atomic mass is 16.5. The molecule has 324 valence electrons. The average Bonchev–Trinajstić information content (AvgIpc) is 3.18. The van der Waals surface area contributed by atoms with Crippen LogP contribution in [0.4, 0.5) is 0 Å². The predicted octanol–water partition coefficient (Wildman–Crippen LogP) is 18.0. The zero-order chi connectivity index (χ0) is 40.1. The topological polar surface area (TPSA) is 9.23 Å². The highest BCUT2D eigenvalue weighted by Gasteiger charge is 2.57. The van der Waals surface area contributed by atoms with Gasteiger partial charge in [0.25, 0.3) is 0 Å². The zero-order valence-electron chi connectivity index (χ0n) is 39.0. The van der Waals surface area contributed by atoms with Crippen LogP contribution in [0.25, 0.3) is 0 Å². The number of hydrogen-bond donors (Lipinski definition) is 0. The lowest BCUT2D eigenvalue weighted by atomic mass is 9.42. The van der Waals surface area contributed by atoms with Crippen molar-refractivity contribution < 1.29 is 4.74 Å². The molecule has 0 bridgehead atoms. The maximum atomic E-state index is 6.73. The molecular formula is C55H98O. The molecule has 0 radical (unpaired) electrons. The van der Waals surface area contributed by atoms with Gasteiger partial charge in [0.05, 0.1) is 6.10 Å². The summed E-state index contributed by atoms with van der Waals surface area (Å²) in [5, 5.41) is 0. The van der Waals surface area contributed by atoms with Gasteiger partial charge in [-0.3, -0.25) is 0 Å². The van der Waals surface area contributed by atoms with Crippen molar-refractivity contribution >= 4 is 0 Å². The first-order valence-electron chi connectivity index (χ1n) is 25.8. The molecule has 0 saturated heterocycles. The molecule has 0 heterocycles. The normalized spacial score (nSPS) is 30.4. The minimum absolute atomic E-state index is 0.439. The summed E-state index contributed by atoms with van der Waals surface area (Å²) < 4.78 is 6.73. The number of fused-ring (bicyclic) bond motifs is 5. The molecule has 1 nitrogen and oxygen atoms in total. The molecule has 4 aliphatic carbocycles. The van der Waals surface area contributed by atoms with Gasteiger partial charge in [0.1, 0.15) is 0 Å². The van der Waals surface area contributed by atoms with E-state index in [1.807, 2.05) is 0 Å². The second-order valence-electron chi connectivity index (χ2n) is 21.3. The molecule has 0 aromatic carbocycles. The van der Waals surface area contributed by atoms with Crippen LogP contribution in [0.2, 0.25) is 0 Å². The van der Waals surface area contributed by atoms with Crippen LogP contribution in [0.15, 0.2) is 36.0 Å². The van der Waals surface area contributed by atoms with Crippen LogP contribution in [0.3, 0.4) is 0 Å². The minimum atomic E-state index is 0.439. The summed E-state index contributed by atoms with van der Waals surface area (Å²) in [6, 6.07) is 0. The first-order chi connectivity index (χ1) is 27.2. The lowest BCUT2D eigenvalue weighted by molar-refractivity contribution is -0.111. The molecule has 0 aliphatic heterocycles. The zero-order valence-corrected chi connectivity index (χ0v) is 39.0. The standard InChI is InChI=1S/C55H98O/c1-8-10-11-12-13-14-15-16-17-18-19-20-21-22-23-24-25-26-33-47(30-9-2)34-29-43-56-49-39-41-54(6)48(44-49)37-38-50-52-36-28-35-51(46(5)32-27-31-45(3)4)55(52,7)42-40-53(50)54/h13-14,16-17,37,45-47,49-53H,8-12,15,18-36,38-44H2,1-7H3/b14-13-,17-16-. The Bertz CT molecular complexity index is 1110. The molecule has 0 aromatic rings. The third kappa shape index (κ3) is 15.0. The van der Waals surface area contributed by atoms with Crippen molar-refractivity contribution in [3.63, 3.8) is 0 Å². The fourth-order valence-electron chi connectivity index (χ4n) is 13.2. The second-order valence-corrected chi connectivity index (χ2v) is 21.3. The van der Waals surface area contributed by atoms with Gasteiger partial charge in [-0.2, -0.15) is 0 Å². The van der Waals surface area contributed by atoms with Crippen LogP contribution in [-0.2, 0) is 4.74 Å². The Kier molecular flexibility index (Phi) is 22.6. The van der Waals surface area contributed by atoms with E-state index >= 15 is 0 Å². The summed E-state index contributed by atoms with van der Waals surface area (Å²) in [5.41, 5.74) is 2.83. The summed E-state index contributed by atoms with van der Waals surface area (Å²) in [6.45, 7) is 18.6. The molecule has 0 spiro atoms. The summed E-state index contributed by atoms with van der Waals surface area (Å²) in [4.78, 5) is 0. The molecule has 1 heteroatoms. The predicted molar refractivity (Wildman–Crippen MR) is 248 cm³/mol. The second kappa shape index (κ2) is 26.4. The largest absolute Gasteiger partial charge is 0.378 e. The van der Waals surface area contributed by atoms with Crippen LogP contribution in [0, 0.1) is 52.3 Å². The van der Waals surface area contributed by atoms with E-state index in [2.05, 4.69) is 78.8 Å². The van der Waals surface area contributed by atoms with E-state index in [1.54, 1.807) is 5.57 Å². The maximum absolute atomic E-state index is 6.73. The molecule has 56 heavy (non-hydrogen) atoms. The van der Waals surface area contributed by atoms with Crippen molar-refractivity contribution in [1.82, 2.24) is 0 Å². The Balaban J connectivity index is 1.07. The monoisotopic (exact) mass is 775 g/mol. The Morgan fingerprint density at radius 2 is 1.36 bits per heavy atom. The number of hydrogen-bond acceptors (Lipinski definition) is 1. The van der Waals surface area contributed by atoms with Gasteiger partial charge < -0.3 is 4.74 Å². The van der Waals surface area contributed by atoms with E-state index in [-0.39, 0.29) is 0 Å². The van der Waals surface area contributed by atoms with Gasteiger partial charge in [-0.15, -0.1) is 0 Å². The van der Waals surface area contributed by atoms with Crippen molar-refractivity contribution in [2.45, 2.75) is 254 Å². The van der Waals surface area contributed by atoms with E-state index < -0.39 is 0 Å². The van der Waals surface area contributed by atoms with Crippen molar-refractivity contribution in [2.24, 2.45) is 52.3 Å².